The largest absolute Gasteiger partial charge is 0.366 e. The zero-order valence-corrected chi connectivity index (χ0v) is 17.1. The maximum absolute atomic E-state index is 12.9. The summed E-state index contributed by atoms with van der Waals surface area (Å²) in [4.78, 5) is 32.0. The van der Waals surface area contributed by atoms with E-state index in [1.54, 1.807) is 6.07 Å². The van der Waals surface area contributed by atoms with Gasteiger partial charge in [0.25, 0.3) is 11.8 Å². The van der Waals surface area contributed by atoms with Gasteiger partial charge in [0.1, 0.15) is 0 Å². The minimum absolute atomic E-state index is 0.0464. The van der Waals surface area contributed by atoms with E-state index >= 15 is 0 Å². The molecule has 2 amide bonds. The Morgan fingerprint density at radius 1 is 1.07 bits per heavy atom. The van der Waals surface area contributed by atoms with Crippen molar-refractivity contribution in [2.24, 2.45) is 5.73 Å². The van der Waals surface area contributed by atoms with Gasteiger partial charge in [0.2, 0.25) is 0 Å². The van der Waals surface area contributed by atoms with Crippen LogP contribution in [0.4, 0.5) is 0 Å². The molecule has 7 heteroatoms. The van der Waals surface area contributed by atoms with Crippen LogP contribution in [-0.4, -0.2) is 59.8 Å². The molecule has 144 valence electrons. The van der Waals surface area contributed by atoms with Crippen molar-refractivity contribution < 1.29 is 9.59 Å². The molecule has 0 bridgehead atoms. The second-order valence-electron chi connectivity index (χ2n) is 7.11. The molecule has 2 heterocycles. The molecule has 0 spiro atoms. The molecule has 0 aliphatic carbocycles. The Labute approximate surface area is 171 Å². The lowest BCUT2D eigenvalue weighted by Gasteiger charge is -2.32. The normalized spacial score (nSPS) is 15.1. The Morgan fingerprint density at radius 2 is 1.82 bits per heavy atom. The molecule has 2 aromatic carbocycles. The van der Waals surface area contributed by atoms with Crippen LogP contribution in [0.3, 0.4) is 0 Å². The molecule has 6 nitrogen and oxygen atoms in total. The van der Waals surface area contributed by atoms with Gasteiger partial charge in [-0.05, 0) is 42.9 Å². The van der Waals surface area contributed by atoms with Gasteiger partial charge >= 0.3 is 0 Å². The second-order valence-corrected chi connectivity index (χ2v) is 7.96. The highest BCUT2D eigenvalue weighted by Gasteiger charge is 2.21. The molecule has 0 atom stereocenters. The Bertz CT molecular complexity index is 1070. The zero-order chi connectivity index (χ0) is 19.8. The van der Waals surface area contributed by atoms with Crippen molar-refractivity contribution in [3.8, 4) is 11.3 Å². The van der Waals surface area contributed by atoms with E-state index in [0.717, 1.165) is 47.3 Å². The van der Waals surface area contributed by atoms with Gasteiger partial charge < -0.3 is 20.5 Å². The number of amides is 2. The number of aromatic amines is 1. The van der Waals surface area contributed by atoms with E-state index in [9.17, 15) is 9.59 Å². The van der Waals surface area contributed by atoms with Crippen LogP contribution in [0.25, 0.3) is 22.2 Å². The summed E-state index contributed by atoms with van der Waals surface area (Å²) < 4.78 is 0.875. The van der Waals surface area contributed by atoms with Gasteiger partial charge in [-0.25, -0.2) is 0 Å². The molecule has 1 saturated heterocycles. The molecule has 1 aliphatic heterocycles. The van der Waals surface area contributed by atoms with Crippen LogP contribution >= 0.6 is 15.9 Å². The summed E-state index contributed by atoms with van der Waals surface area (Å²) in [5, 5.41) is 0.877. The first-order chi connectivity index (χ1) is 13.4. The number of nitrogens with zero attached hydrogens (tertiary/aromatic N) is 2. The van der Waals surface area contributed by atoms with Crippen molar-refractivity contribution in [1.29, 1.82) is 0 Å². The third-order valence-electron chi connectivity index (χ3n) is 5.22. The number of carbonyl (C=O) groups excluding carboxylic acids is 2. The number of benzene rings is 2. The topological polar surface area (TPSA) is 82.4 Å². The predicted molar refractivity (Wildman–Crippen MR) is 113 cm³/mol. The molecular weight excluding hydrogens is 420 g/mol. The number of fused-ring (bicyclic) bond motifs is 1. The van der Waals surface area contributed by atoms with Crippen LogP contribution in [0.5, 0.6) is 0 Å². The van der Waals surface area contributed by atoms with Crippen molar-refractivity contribution in [2.45, 2.75) is 0 Å². The molecule has 4 rings (SSSR count). The van der Waals surface area contributed by atoms with E-state index in [1.807, 2.05) is 41.3 Å². The first-order valence-corrected chi connectivity index (χ1v) is 9.92. The van der Waals surface area contributed by atoms with Crippen LogP contribution in [0, 0.1) is 0 Å². The number of likely N-dealkylation sites (N-methyl/N-ethyl adjacent to an activating group) is 1. The summed E-state index contributed by atoms with van der Waals surface area (Å²) in [7, 11) is 2.07. The summed E-state index contributed by atoms with van der Waals surface area (Å²) >= 11 is 3.52. The van der Waals surface area contributed by atoms with Gasteiger partial charge in [-0.3, -0.25) is 9.59 Å². The minimum atomic E-state index is -0.482. The van der Waals surface area contributed by atoms with E-state index in [4.69, 9.17) is 5.73 Å². The fourth-order valence-corrected chi connectivity index (χ4v) is 4.00. The van der Waals surface area contributed by atoms with Gasteiger partial charge in [0, 0.05) is 47.3 Å². The number of rotatable bonds is 3. The number of nitrogens with two attached hydrogens (primary N) is 1. The first-order valence-electron chi connectivity index (χ1n) is 9.13. The van der Waals surface area contributed by atoms with Crippen molar-refractivity contribution in [1.82, 2.24) is 14.8 Å². The van der Waals surface area contributed by atoms with E-state index in [2.05, 4.69) is 32.9 Å². The average Bonchev–Trinajstić information content (AvgIpc) is 3.14. The highest BCUT2D eigenvalue weighted by atomic mass is 79.9. The standard InChI is InChI=1S/C21H21BrN4O2/c1-25-7-9-26(10-8-25)21(28)14-4-2-3-13(11-14)18-12-16-17(22)6-5-15(20(23)27)19(16)24-18/h2-6,11-12,24H,7-10H2,1H3,(H2,23,27). The number of halogens is 1. The number of carbonyl (C=O) groups is 2. The summed E-state index contributed by atoms with van der Waals surface area (Å²) in [6.45, 7) is 3.25. The van der Waals surface area contributed by atoms with Crippen molar-refractivity contribution in [2.75, 3.05) is 33.2 Å². The monoisotopic (exact) mass is 440 g/mol. The number of nitrogens with one attached hydrogen (secondary N) is 1. The summed E-state index contributed by atoms with van der Waals surface area (Å²) in [6.07, 6.45) is 0. The SMILES string of the molecule is CN1CCN(C(=O)c2cccc(-c3cc4c(Br)ccc(C(N)=O)c4[nH]3)c2)CC1. The van der Waals surface area contributed by atoms with Gasteiger partial charge in [0.15, 0.2) is 0 Å². The van der Waals surface area contributed by atoms with Crippen LogP contribution in [0.15, 0.2) is 46.9 Å². The van der Waals surface area contributed by atoms with Crippen LogP contribution < -0.4 is 5.73 Å². The first kappa shape index (κ1) is 18.7. The van der Waals surface area contributed by atoms with Crippen molar-refractivity contribution >= 4 is 38.6 Å². The number of hydrogen-bond acceptors (Lipinski definition) is 3. The quantitative estimate of drug-likeness (QED) is 0.656. The molecule has 0 saturated carbocycles. The van der Waals surface area contributed by atoms with E-state index in [-0.39, 0.29) is 5.91 Å². The highest BCUT2D eigenvalue weighted by molar-refractivity contribution is 9.10. The molecular formula is C21H21BrN4O2. The van der Waals surface area contributed by atoms with Crippen LogP contribution in [-0.2, 0) is 0 Å². The second kappa shape index (κ2) is 7.41. The number of piperazine rings is 1. The lowest BCUT2D eigenvalue weighted by molar-refractivity contribution is 0.0664. The Hall–Kier alpha value is -2.64. The Balaban J connectivity index is 1.70. The maximum Gasteiger partial charge on any atom is 0.253 e. The van der Waals surface area contributed by atoms with Gasteiger partial charge in [-0.1, -0.05) is 28.1 Å². The molecule has 28 heavy (non-hydrogen) atoms. The fourth-order valence-electron chi connectivity index (χ4n) is 3.56. The van der Waals surface area contributed by atoms with Gasteiger partial charge in [0.05, 0.1) is 11.1 Å². The van der Waals surface area contributed by atoms with E-state index in [0.29, 0.717) is 16.6 Å². The van der Waals surface area contributed by atoms with Crippen molar-refractivity contribution in [3.05, 3.63) is 58.1 Å². The lowest BCUT2D eigenvalue weighted by atomic mass is 10.1. The third kappa shape index (κ3) is 3.43. The average molecular weight is 441 g/mol. The molecule has 1 aromatic heterocycles. The smallest absolute Gasteiger partial charge is 0.253 e. The molecule has 1 aliphatic rings. The Kier molecular flexibility index (Phi) is 4.95. The predicted octanol–water partition coefficient (Wildman–Crippen LogP) is 3.08. The summed E-state index contributed by atoms with van der Waals surface area (Å²) in [5.74, 6) is -0.435. The molecule has 0 unspecified atom stereocenters. The van der Waals surface area contributed by atoms with Crippen LogP contribution in [0.2, 0.25) is 0 Å². The number of primary amides is 1. The molecule has 1 fully saturated rings. The van der Waals surface area contributed by atoms with E-state index in [1.165, 1.54) is 0 Å². The fraction of sp³-hybridized carbons (Fsp3) is 0.238. The number of hydrogen-bond donors (Lipinski definition) is 2. The minimum Gasteiger partial charge on any atom is -0.366 e. The van der Waals surface area contributed by atoms with E-state index < -0.39 is 5.91 Å². The Morgan fingerprint density at radius 3 is 2.54 bits per heavy atom. The molecule has 0 radical (unpaired) electrons. The highest BCUT2D eigenvalue weighted by Crippen LogP contribution is 2.32. The van der Waals surface area contributed by atoms with Crippen molar-refractivity contribution in [3.63, 3.8) is 0 Å². The summed E-state index contributed by atoms with van der Waals surface area (Å²) in [5.41, 5.74) is 9.01. The third-order valence-corrected chi connectivity index (χ3v) is 5.91. The maximum atomic E-state index is 12.9. The van der Waals surface area contributed by atoms with Crippen LogP contribution in [0.1, 0.15) is 20.7 Å². The lowest BCUT2D eigenvalue weighted by Crippen LogP contribution is -2.47. The number of aromatic nitrogens is 1. The number of H-pyrrole nitrogens is 1. The zero-order valence-electron chi connectivity index (χ0n) is 15.5. The molecule has 3 N–H and O–H groups in total. The van der Waals surface area contributed by atoms with Gasteiger partial charge in [-0.2, -0.15) is 0 Å². The molecule has 3 aromatic rings. The van der Waals surface area contributed by atoms with Gasteiger partial charge in [-0.15, -0.1) is 0 Å². The summed E-state index contributed by atoms with van der Waals surface area (Å²) in [6, 6.07) is 13.0.